The highest BCUT2D eigenvalue weighted by molar-refractivity contribution is 5.62. The molecule has 0 spiro atoms. The van der Waals surface area contributed by atoms with Crippen molar-refractivity contribution >= 4 is 12.0 Å². The summed E-state index contributed by atoms with van der Waals surface area (Å²) in [5.41, 5.74) is 0. The molecule has 0 bridgehead atoms. The van der Waals surface area contributed by atoms with Gasteiger partial charge in [-0.3, -0.25) is 0 Å². The van der Waals surface area contributed by atoms with Crippen molar-refractivity contribution < 1.29 is 0 Å². The van der Waals surface area contributed by atoms with E-state index in [0.29, 0.717) is 0 Å². The summed E-state index contributed by atoms with van der Waals surface area (Å²) < 4.78 is 0. The molecule has 13 heavy (non-hydrogen) atoms. The van der Waals surface area contributed by atoms with Crippen LogP contribution in [0.1, 0.15) is 12.8 Å². The molecule has 66 valence electrons. The molecule has 0 aliphatic carbocycles. The van der Waals surface area contributed by atoms with Crippen molar-refractivity contribution in [3.8, 4) is 0 Å². The fourth-order valence-electron chi connectivity index (χ4n) is 1.16. The maximum absolute atomic E-state index is 4.21. The lowest BCUT2D eigenvalue weighted by Crippen LogP contribution is -2.01. The first-order chi connectivity index (χ1) is 6.45. The molecule has 2 rings (SSSR count). The molecule has 1 aliphatic heterocycles. The number of nitrogens with zero attached hydrogens (tertiary/aromatic N) is 2. The Bertz CT molecular complexity index is 327. The summed E-state index contributed by atoms with van der Waals surface area (Å²) in [7, 11) is 0. The molecule has 1 aromatic rings. The lowest BCUT2D eigenvalue weighted by molar-refractivity contribution is 1.04. The molecule has 2 heterocycles. The maximum Gasteiger partial charge on any atom is 0.131 e. The zero-order chi connectivity index (χ0) is 8.93. The zero-order valence-electron chi connectivity index (χ0n) is 7.27. The Kier molecular flexibility index (Phi) is 2.36. The van der Waals surface area contributed by atoms with Gasteiger partial charge >= 0.3 is 0 Å². The van der Waals surface area contributed by atoms with E-state index < -0.39 is 0 Å². The minimum absolute atomic E-state index is 0.841. The average Bonchev–Trinajstić information content (AvgIpc) is 2.21. The summed E-state index contributed by atoms with van der Waals surface area (Å²) in [5, 5.41) is 3.13. The van der Waals surface area contributed by atoms with E-state index in [0.717, 1.165) is 24.5 Å². The Balaban J connectivity index is 2.06. The zero-order valence-corrected chi connectivity index (χ0v) is 7.27. The summed E-state index contributed by atoms with van der Waals surface area (Å²) in [6.45, 7) is 0. The molecule has 1 N–H and O–H groups in total. The topological polar surface area (TPSA) is 37.3 Å². The van der Waals surface area contributed by atoms with Crippen molar-refractivity contribution in [3.05, 3.63) is 36.3 Å². The largest absolute Gasteiger partial charge is 0.325 e. The Labute approximate surface area is 77.2 Å². The van der Waals surface area contributed by atoms with Gasteiger partial charge in [0.1, 0.15) is 11.6 Å². The third kappa shape index (κ3) is 2.15. The summed E-state index contributed by atoms with van der Waals surface area (Å²) in [6, 6.07) is 5.76. The van der Waals surface area contributed by atoms with Crippen molar-refractivity contribution in [1.82, 2.24) is 4.98 Å². The van der Waals surface area contributed by atoms with Crippen LogP contribution in [-0.2, 0) is 0 Å². The van der Waals surface area contributed by atoms with E-state index >= 15 is 0 Å². The Hall–Kier alpha value is -1.64. The van der Waals surface area contributed by atoms with E-state index in [2.05, 4.69) is 21.4 Å². The molecule has 0 aromatic carbocycles. The van der Waals surface area contributed by atoms with Crippen LogP contribution in [0.3, 0.4) is 0 Å². The number of pyridine rings is 1. The molecule has 0 unspecified atom stereocenters. The lowest BCUT2D eigenvalue weighted by atomic mass is 10.3. The number of allylic oxidation sites excluding steroid dienone is 1. The van der Waals surface area contributed by atoms with Crippen LogP contribution in [0.4, 0.5) is 5.82 Å². The van der Waals surface area contributed by atoms with Crippen LogP contribution in [-0.4, -0.2) is 11.2 Å². The predicted octanol–water partition coefficient (Wildman–Crippen LogP) is 2.20. The van der Waals surface area contributed by atoms with Gasteiger partial charge in [0.05, 0.1) is 0 Å². The maximum atomic E-state index is 4.21. The molecule has 3 heteroatoms. The molecular weight excluding hydrogens is 162 g/mol. The molecule has 3 nitrogen and oxygen atoms in total. The summed E-state index contributed by atoms with van der Waals surface area (Å²) >= 11 is 0. The van der Waals surface area contributed by atoms with Crippen molar-refractivity contribution in [2.75, 3.05) is 5.32 Å². The minimum Gasteiger partial charge on any atom is -0.325 e. The first-order valence-corrected chi connectivity index (χ1v) is 4.36. The molecule has 0 fully saturated rings. The second-order valence-electron chi connectivity index (χ2n) is 2.82. The van der Waals surface area contributed by atoms with E-state index in [1.165, 1.54) is 0 Å². The van der Waals surface area contributed by atoms with Gasteiger partial charge in [0.25, 0.3) is 0 Å². The fraction of sp³-hybridized carbons (Fsp3) is 0.200. The van der Waals surface area contributed by atoms with Crippen LogP contribution >= 0.6 is 0 Å². The summed E-state index contributed by atoms with van der Waals surface area (Å²) in [6.07, 6.45) is 7.85. The van der Waals surface area contributed by atoms with Gasteiger partial charge in [-0.25, -0.2) is 9.98 Å². The number of hydrogen-bond donors (Lipinski definition) is 1. The van der Waals surface area contributed by atoms with Crippen LogP contribution in [0, 0.1) is 0 Å². The molecular formula is C10H11N3. The highest BCUT2D eigenvalue weighted by atomic mass is 15.1. The van der Waals surface area contributed by atoms with E-state index in [9.17, 15) is 0 Å². The van der Waals surface area contributed by atoms with Crippen molar-refractivity contribution in [3.63, 3.8) is 0 Å². The number of nitrogens with one attached hydrogen (secondary N) is 1. The summed E-state index contributed by atoms with van der Waals surface area (Å²) in [4.78, 5) is 8.36. The van der Waals surface area contributed by atoms with Crippen molar-refractivity contribution in [2.45, 2.75) is 12.8 Å². The standard InChI is InChI=1S/C10H11N3/c1-3-7-11-9(5-1)13-10-6-2-4-8-12-10/h1,3,5-8H,2,4H2,(H,11,13). The fourth-order valence-corrected chi connectivity index (χ4v) is 1.16. The predicted molar refractivity (Wildman–Crippen MR) is 53.7 cm³/mol. The first kappa shape index (κ1) is 7.98. The highest BCUT2D eigenvalue weighted by Crippen LogP contribution is 2.10. The molecule has 0 radical (unpaired) electrons. The van der Waals surface area contributed by atoms with Crippen LogP contribution in [0.2, 0.25) is 0 Å². The van der Waals surface area contributed by atoms with Gasteiger partial charge in [-0.2, -0.15) is 0 Å². The van der Waals surface area contributed by atoms with Crippen LogP contribution in [0.25, 0.3) is 0 Å². The summed E-state index contributed by atoms with van der Waals surface area (Å²) in [5.74, 6) is 1.73. The quantitative estimate of drug-likeness (QED) is 0.744. The van der Waals surface area contributed by atoms with Gasteiger partial charge in [0.2, 0.25) is 0 Å². The van der Waals surface area contributed by atoms with Crippen LogP contribution in [0.5, 0.6) is 0 Å². The second-order valence-corrected chi connectivity index (χ2v) is 2.82. The molecule has 1 aromatic heterocycles. The average molecular weight is 173 g/mol. The Morgan fingerprint density at radius 1 is 1.23 bits per heavy atom. The van der Waals surface area contributed by atoms with E-state index in [-0.39, 0.29) is 0 Å². The lowest BCUT2D eigenvalue weighted by Gasteiger charge is -2.07. The normalized spacial score (nSPS) is 15.2. The van der Waals surface area contributed by atoms with Crippen molar-refractivity contribution in [1.29, 1.82) is 0 Å². The minimum atomic E-state index is 0.841. The second kappa shape index (κ2) is 3.85. The van der Waals surface area contributed by atoms with Gasteiger partial charge < -0.3 is 5.32 Å². The molecule has 0 atom stereocenters. The molecule has 0 amide bonds. The molecule has 1 aliphatic rings. The third-order valence-corrected chi connectivity index (χ3v) is 1.78. The van der Waals surface area contributed by atoms with E-state index in [4.69, 9.17) is 0 Å². The number of hydrogen-bond acceptors (Lipinski definition) is 3. The van der Waals surface area contributed by atoms with Gasteiger partial charge in [0, 0.05) is 12.4 Å². The van der Waals surface area contributed by atoms with E-state index in [1.54, 1.807) is 6.20 Å². The van der Waals surface area contributed by atoms with Gasteiger partial charge in [0.15, 0.2) is 0 Å². The van der Waals surface area contributed by atoms with E-state index in [1.807, 2.05) is 24.4 Å². The highest BCUT2D eigenvalue weighted by Gasteiger charge is 1.98. The number of aliphatic imine (C=N–C) groups is 1. The SMILES string of the molecule is C1=NC(Nc2ccccn2)=CCC1. The number of rotatable bonds is 2. The monoisotopic (exact) mass is 173 g/mol. The third-order valence-electron chi connectivity index (χ3n) is 1.78. The Morgan fingerprint density at radius 2 is 2.23 bits per heavy atom. The smallest absolute Gasteiger partial charge is 0.131 e. The van der Waals surface area contributed by atoms with Crippen molar-refractivity contribution in [2.24, 2.45) is 4.99 Å². The Morgan fingerprint density at radius 3 is 2.92 bits per heavy atom. The van der Waals surface area contributed by atoms with Gasteiger partial charge in [-0.1, -0.05) is 6.07 Å². The van der Waals surface area contributed by atoms with Gasteiger partial charge in [-0.05, 0) is 31.1 Å². The van der Waals surface area contributed by atoms with Crippen LogP contribution < -0.4 is 5.32 Å². The molecule has 0 saturated carbocycles. The van der Waals surface area contributed by atoms with Gasteiger partial charge in [-0.15, -0.1) is 0 Å². The van der Waals surface area contributed by atoms with Crippen LogP contribution in [0.15, 0.2) is 41.3 Å². The number of anilines is 1. The molecule has 0 saturated heterocycles. The number of aromatic nitrogens is 1. The first-order valence-electron chi connectivity index (χ1n) is 4.36.